The van der Waals surface area contributed by atoms with Gasteiger partial charge in [0.1, 0.15) is 44.0 Å². The van der Waals surface area contributed by atoms with E-state index in [9.17, 15) is 35.2 Å². The molecule has 0 spiro atoms. The third-order valence-electron chi connectivity index (χ3n) is 8.28. The molecule has 6 rings (SSSR count). The number of aromatic nitrogens is 4. The van der Waals surface area contributed by atoms with Crippen molar-refractivity contribution >= 4 is 83.7 Å². The van der Waals surface area contributed by atoms with Crippen LogP contribution in [0.25, 0.3) is 0 Å². The highest BCUT2D eigenvalue weighted by Gasteiger charge is 2.24. The fraction of sp³-hybridized carbons (Fsp3) is 0.150. The first-order chi connectivity index (χ1) is 29.8. The Kier molecular flexibility index (Phi) is 16.9. The fourth-order valence-corrected chi connectivity index (χ4v) is 7.27. The molecule has 4 aromatic heterocycles. The number of amides is 2. The molecule has 7 N–H and O–H groups in total. The number of halogens is 3. The molecule has 0 aliphatic carbocycles. The molecule has 0 atom stereocenters. The van der Waals surface area contributed by atoms with E-state index in [0.717, 1.165) is 21.0 Å². The Morgan fingerprint density at radius 1 is 0.571 bits per heavy atom. The molecule has 0 aliphatic rings. The van der Waals surface area contributed by atoms with Crippen molar-refractivity contribution in [1.29, 1.82) is 0 Å². The number of pyridine rings is 4. The van der Waals surface area contributed by atoms with Gasteiger partial charge in [-0.2, -0.15) is 0 Å². The number of benzene rings is 2. The number of nitrogens with one attached hydrogen (secondary N) is 5. The molecule has 23 heteroatoms. The van der Waals surface area contributed by atoms with Gasteiger partial charge in [-0.1, -0.05) is 35.9 Å². The summed E-state index contributed by atoms with van der Waals surface area (Å²) in [4.78, 5) is 39.9. The van der Waals surface area contributed by atoms with Crippen molar-refractivity contribution in [2.24, 2.45) is 0 Å². The summed E-state index contributed by atoms with van der Waals surface area (Å²) in [5, 5.41) is 14.1. The molecule has 18 nitrogen and oxygen atoms in total. The van der Waals surface area contributed by atoms with Crippen LogP contribution in [-0.2, 0) is 20.0 Å². The van der Waals surface area contributed by atoms with E-state index < -0.39 is 31.8 Å². The van der Waals surface area contributed by atoms with Gasteiger partial charge < -0.3 is 32.3 Å². The summed E-state index contributed by atoms with van der Waals surface area (Å²) in [6.07, 6.45) is 4.81. The predicted octanol–water partition coefficient (Wildman–Crippen LogP) is 5.60. The van der Waals surface area contributed by atoms with Gasteiger partial charge in [0, 0.05) is 60.7 Å². The van der Waals surface area contributed by atoms with Gasteiger partial charge in [-0.05, 0) is 54.6 Å². The van der Waals surface area contributed by atoms with Gasteiger partial charge in [0.25, 0.3) is 11.8 Å². The topological polar surface area (TPSA) is 247 Å². The lowest BCUT2D eigenvalue weighted by Gasteiger charge is -2.18. The lowest BCUT2D eigenvalue weighted by atomic mass is 10.2. The summed E-state index contributed by atoms with van der Waals surface area (Å²) in [5.74, 6) is -0.602. The minimum absolute atomic E-state index is 0.0504. The van der Waals surface area contributed by atoms with E-state index in [-0.39, 0.29) is 37.8 Å². The molecule has 2 aromatic carbocycles. The number of carbonyl (C=O) groups is 2. The Morgan fingerprint density at radius 3 is 1.44 bits per heavy atom. The average molecular weight is 925 g/mol. The van der Waals surface area contributed by atoms with Gasteiger partial charge in [-0.3, -0.25) is 9.59 Å². The molecule has 0 unspecified atom stereocenters. The monoisotopic (exact) mass is 924 g/mol. The lowest BCUT2D eigenvalue weighted by molar-refractivity contribution is 0.0955. The summed E-state index contributed by atoms with van der Waals surface area (Å²) < 4.78 is 77.6. The van der Waals surface area contributed by atoms with Gasteiger partial charge in [0.05, 0.1) is 46.3 Å². The molecule has 0 fully saturated rings. The van der Waals surface area contributed by atoms with Crippen LogP contribution in [-0.4, -0.2) is 99.5 Å². The van der Waals surface area contributed by atoms with Crippen LogP contribution >= 0.6 is 11.6 Å². The zero-order valence-electron chi connectivity index (χ0n) is 34.6. The van der Waals surface area contributed by atoms with Crippen molar-refractivity contribution in [1.82, 2.24) is 39.2 Å². The van der Waals surface area contributed by atoms with Crippen LogP contribution in [0.2, 0.25) is 5.15 Å². The van der Waals surface area contributed by atoms with Crippen molar-refractivity contribution in [3.63, 3.8) is 0 Å². The summed E-state index contributed by atoms with van der Waals surface area (Å²) in [6, 6.07) is 21.1. The highest BCUT2D eigenvalue weighted by Crippen LogP contribution is 2.31. The molecular formula is C40H43ClF2N12O6S2. The number of nitrogens with two attached hydrogens (primary N) is 1. The van der Waals surface area contributed by atoms with Crippen molar-refractivity contribution in [2.75, 3.05) is 64.0 Å². The van der Waals surface area contributed by atoms with Crippen LogP contribution < -0.4 is 32.3 Å². The van der Waals surface area contributed by atoms with Gasteiger partial charge in [0.2, 0.25) is 20.0 Å². The van der Waals surface area contributed by atoms with Gasteiger partial charge in [-0.25, -0.2) is 54.2 Å². The average Bonchev–Trinajstić information content (AvgIpc) is 3.26. The molecule has 0 saturated carbocycles. The van der Waals surface area contributed by atoms with Crippen molar-refractivity contribution < 1.29 is 35.2 Å². The summed E-state index contributed by atoms with van der Waals surface area (Å²) in [5.41, 5.74) is 6.90. The molecule has 2 amide bonds. The van der Waals surface area contributed by atoms with Crippen LogP contribution in [0.3, 0.4) is 0 Å². The SMILES string of the molecule is CNC(=O)c1cnc(Cl)cc1Nc1ccccc1S(=O)(=O)N(C)C.CNC(=O)c1cnc(Nc2ccc(F)cn2)cc1Nc1ccccc1S(=O)(=O)N(C)C.Nc1ccc(F)cn1. The van der Waals surface area contributed by atoms with E-state index in [1.54, 1.807) is 36.4 Å². The molecule has 4 heterocycles. The van der Waals surface area contributed by atoms with Crippen LogP contribution in [0.4, 0.5) is 49.0 Å². The second-order valence-electron chi connectivity index (χ2n) is 13.0. The minimum atomic E-state index is -3.74. The normalized spacial score (nSPS) is 11.0. The Hall–Kier alpha value is -6.85. The quantitative estimate of drug-likeness (QED) is 0.0818. The van der Waals surface area contributed by atoms with Crippen molar-refractivity contribution in [3.05, 3.63) is 138 Å². The van der Waals surface area contributed by atoms with E-state index in [4.69, 9.17) is 17.3 Å². The number of nitrogens with zero attached hydrogens (tertiary/aromatic N) is 6. The number of hydrogen-bond acceptors (Lipinski definition) is 14. The summed E-state index contributed by atoms with van der Waals surface area (Å²) in [7, 11) is 1.35. The van der Waals surface area contributed by atoms with E-state index in [0.29, 0.717) is 40.2 Å². The van der Waals surface area contributed by atoms with Crippen molar-refractivity contribution in [3.8, 4) is 0 Å². The molecule has 332 valence electrons. The zero-order valence-corrected chi connectivity index (χ0v) is 36.9. The van der Waals surface area contributed by atoms with Gasteiger partial charge in [-0.15, -0.1) is 0 Å². The summed E-state index contributed by atoms with van der Waals surface area (Å²) in [6.45, 7) is 0. The maximum absolute atomic E-state index is 13.1. The molecule has 6 aromatic rings. The highest BCUT2D eigenvalue weighted by molar-refractivity contribution is 7.89. The van der Waals surface area contributed by atoms with E-state index in [1.807, 2.05) is 0 Å². The summed E-state index contributed by atoms with van der Waals surface area (Å²) >= 11 is 5.90. The third kappa shape index (κ3) is 13.1. The Bertz CT molecular complexity index is 2750. The second kappa shape index (κ2) is 21.8. The lowest BCUT2D eigenvalue weighted by Crippen LogP contribution is -2.23. The largest absolute Gasteiger partial charge is 0.384 e. The molecule has 0 bridgehead atoms. The first-order valence-corrected chi connectivity index (χ1v) is 21.5. The molecular weight excluding hydrogens is 882 g/mol. The van der Waals surface area contributed by atoms with E-state index in [1.165, 1.54) is 103 Å². The maximum atomic E-state index is 13.1. The smallest absolute Gasteiger partial charge is 0.254 e. The Labute approximate surface area is 368 Å². The number of sulfonamides is 2. The van der Waals surface area contributed by atoms with Crippen LogP contribution in [0, 0.1) is 11.6 Å². The fourth-order valence-electron chi connectivity index (χ4n) is 5.03. The Balaban J connectivity index is 0.000000240. The third-order valence-corrected chi connectivity index (χ3v) is 12.2. The molecule has 0 radical (unpaired) electrons. The first kappa shape index (κ1) is 48.8. The highest BCUT2D eigenvalue weighted by atomic mass is 35.5. The molecule has 0 aliphatic heterocycles. The van der Waals surface area contributed by atoms with Crippen LogP contribution in [0.5, 0.6) is 0 Å². The van der Waals surface area contributed by atoms with Gasteiger partial charge >= 0.3 is 0 Å². The number of rotatable bonds is 12. The van der Waals surface area contributed by atoms with Crippen molar-refractivity contribution in [2.45, 2.75) is 9.79 Å². The van der Waals surface area contributed by atoms with Gasteiger partial charge in [0.15, 0.2) is 0 Å². The zero-order chi connectivity index (χ0) is 46.5. The van der Waals surface area contributed by atoms with E-state index in [2.05, 4.69) is 46.5 Å². The maximum Gasteiger partial charge on any atom is 0.254 e. The minimum Gasteiger partial charge on any atom is -0.384 e. The van der Waals surface area contributed by atoms with Crippen LogP contribution in [0.1, 0.15) is 20.7 Å². The number of anilines is 7. The van der Waals surface area contributed by atoms with Crippen LogP contribution in [0.15, 0.2) is 120 Å². The number of hydrogen-bond donors (Lipinski definition) is 6. The number of nitrogen functional groups attached to an aromatic ring is 1. The predicted molar refractivity (Wildman–Crippen MR) is 238 cm³/mol. The van der Waals surface area contributed by atoms with E-state index >= 15 is 0 Å². The Morgan fingerprint density at radius 2 is 1.02 bits per heavy atom. The number of carbonyl (C=O) groups excluding carboxylic acids is 2. The first-order valence-electron chi connectivity index (χ1n) is 18.2. The standard InChI is InChI=1S/C20H21FN6O3S.C15H17ClN4O3S.C5H5FN2/c1-22-20(28)14-12-24-19(26-18-9-8-13(21)11-23-18)10-16(14)25-15-6-4-5-7-17(15)31(29,30)27(2)3;1-17-15(21)10-9-18-14(16)8-12(10)19-11-6-4-5-7-13(11)24(22,23)20(2)3;6-4-1-2-5(7)8-3-4/h4-12H,1-3H3,(H,22,28)(H2,23,24,25,26);4-9H,1-3H3,(H,17,21)(H,18,19);1-3H,(H2,7,8). The molecule has 0 saturated heterocycles. The molecule has 63 heavy (non-hydrogen) atoms. The number of para-hydroxylation sites is 2. The second-order valence-corrected chi connectivity index (χ2v) is 17.7.